The first kappa shape index (κ1) is 18.8. The average Bonchev–Trinajstić information content (AvgIpc) is 2.93. The number of carbonyl (C=O) groups is 1. The average molecular weight is 409 g/mol. The Bertz CT molecular complexity index is 962. The molecule has 0 N–H and O–H groups in total. The van der Waals surface area contributed by atoms with Gasteiger partial charge in [0.2, 0.25) is 0 Å². The van der Waals surface area contributed by atoms with Crippen LogP contribution in [0.25, 0.3) is 16.9 Å². The van der Waals surface area contributed by atoms with Gasteiger partial charge < -0.3 is 9.30 Å². The van der Waals surface area contributed by atoms with Crippen molar-refractivity contribution in [1.29, 1.82) is 0 Å². The third-order valence-corrected chi connectivity index (χ3v) is 4.82. The zero-order valence-corrected chi connectivity index (χ0v) is 16.5. The highest BCUT2D eigenvalue weighted by molar-refractivity contribution is 6.35. The van der Waals surface area contributed by atoms with Crippen molar-refractivity contribution in [3.05, 3.63) is 74.9 Å². The summed E-state index contributed by atoms with van der Waals surface area (Å²) in [6.45, 7) is 3.94. The SMILES string of the molecule is CCOC(=O)c1cc(-c2ccc(Cl)cc2)n(-c2ccc(Cl)cc2Cl)c1C. The monoisotopic (exact) mass is 407 g/mol. The number of rotatable bonds is 4. The molecule has 0 aliphatic heterocycles. The van der Waals surface area contributed by atoms with Gasteiger partial charge in [0.15, 0.2) is 0 Å². The van der Waals surface area contributed by atoms with E-state index in [1.807, 2.05) is 35.8 Å². The molecule has 0 aliphatic carbocycles. The van der Waals surface area contributed by atoms with Crippen molar-refractivity contribution in [2.24, 2.45) is 0 Å². The molecular formula is C20H16Cl3NO2. The van der Waals surface area contributed by atoms with Gasteiger partial charge in [-0.3, -0.25) is 0 Å². The van der Waals surface area contributed by atoms with E-state index in [9.17, 15) is 4.79 Å². The highest BCUT2D eigenvalue weighted by Gasteiger charge is 2.21. The smallest absolute Gasteiger partial charge is 0.339 e. The second-order valence-electron chi connectivity index (χ2n) is 5.69. The van der Waals surface area contributed by atoms with E-state index in [2.05, 4.69) is 0 Å². The summed E-state index contributed by atoms with van der Waals surface area (Å²) < 4.78 is 7.11. The molecule has 0 atom stereocenters. The number of nitrogens with zero attached hydrogens (tertiary/aromatic N) is 1. The molecule has 0 amide bonds. The van der Waals surface area contributed by atoms with Crippen molar-refractivity contribution in [3.63, 3.8) is 0 Å². The largest absolute Gasteiger partial charge is 0.462 e. The molecule has 0 saturated heterocycles. The normalized spacial score (nSPS) is 10.8. The van der Waals surface area contributed by atoms with E-state index in [1.165, 1.54) is 0 Å². The van der Waals surface area contributed by atoms with Crippen molar-refractivity contribution in [2.75, 3.05) is 6.61 Å². The molecule has 0 radical (unpaired) electrons. The van der Waals surface area contributed by atoms with Gasteiger partial charge in [0.1, 0.15) is 0 Å². The van der Waals surface area contributed by atoms with Gasteiger partial charge >= 0.3 is 5.97 Å². The third-order valence-electron chi connectivity index (χ3n) is 4.03. The molecule has 6 heteroatoms. The summed E-state index contributed by atoms with van der Waals surface area (Å²) in [6.07, 6.45) is 0. The Morgan fingerprint density at radius 2 is 1.65 bits per heavy atom. The quantitative estimate of drug-likeness (QED) is 0.456. The molecule has 0 unspecified atom stereocenters. The second kappa shape index (κ2) is 7.75. The number of ether oxygens (including phenoxy) is 1. The number of hydrogen-bond donors (Lipinski definition) is 0. The first-order chi connectivity index (χ1) is 12.4. The predicted octanol–water partition coefficient (Wildman–Crippen LogP) is 6.59. The first-order valence-electron chi connectivity index (χ1n) is 8.03. The highest BCUT2D eigenvalue weighted by Crippen LogP contribution is 2.34. The third kappa shape index (κ3) is 3.61. The maximum Gasteiger partial charge on any atom is 0.339 e. The molecule has 134 valence electrons. The molecule has 1 heterocycles. The predicted molar refractivity (Wildman–Crippen MR) is 107 cm³/mol. The standard InChI is InChI=1S/C20H16Cl3NO2/c1-3-26-20(25)16-11-19(13-4-6-14(21)7-5-13)24(12(16)2)18-9-8-15(22)10-17(18)23/h4-11H,3H2,1-2H3. The lowest BCUT2D eigenvalue weighted by atomic mass is 10.1. The van der Waals surface area contributed by atoms with Crippen molar-refractivity contribution in [3.8, 4) is 16.9 Å². The number of esters is 1. The highest BCUT2D eigenvalue weighted by atomic mass is 35.5. The van der Waals surface area contributed by atoms with Gasteiger partial charge in [0.05, 0.1) is 28.6 Å². The van der Waals surface area contributed by atoms with Gasteiger partial charge in [-0.05, 0) is 55.8 Å². The van der Waals surface area contributed by atoms with Crippen molar-refractivity contribution < 1.29 is 9.53 Å². The fraction of sp³-hybridized carbons (Fsp3) is 0.150. The van der Waals surface area contributed by atoms with Crippen LogP contribution in [0.15, 0.2) is 48.5 Å². The molecule has 0 bridgehead atoms. The van der Waals surface area contributed by atoms with Crippen LogP contribution in [0.5, 0.6) is 0 Å². The van der Waals surface area contributed by atoms with Gasteiger partial charge in [0.25, 0.3) is 0 Å². The Morgan fingerprint density at radius 3 is 2.27 bits per heavy atom. The summed E-state index contributed by atoms with van der Waals surface area (Å²) >= 11 is 18.5. The van der Waals surface area contributed by atoms with E-state index in [0.29, 0.717) is 27.2 Å². The molecule has 0 saturated carbocycles. The summed E-state index contributed by atoms with van der Waals surface area (Å²) in [5, 5.41) is 1.67. The van der Waals surface area contributed by atoms with E-state index in [4.69, 9.17) is 39.5 Å². The lowest BCUT2D eigenvalue weighted by Crippen LogP contribution is -2.07. The van der Waals surface area contributed by atoms with E-state index >= 15 is 0 Å². The second-order valence-corrected chi connectivity index (χ2v) is 6.97. The Kier molecular flexibility index (Phi) is 5.61. The van der Waals surface area contributed by atoms with Crippen LogP contribution in [-0.2, 0) is 4.74 Å². The molecule has 1 aromatic heterocycles. The molecule has 0 fully saturated rings. The number of carbonyl (C=O) groups excluding carboxylic acids is 1. The summed E-state index contributed by atoms with van der Waals surface area (Å²) in [5.41, 5.74) is 3.67. The van der Waals surface area contributed by atoms with Crippen molar-refractivity contribution >= 4 is 40.8 Å². The number of halogens is 3. The zero-order chi connectivity index (χ0) is 18.8. The van der Waals surface area contributed by atoms with Gasteiger partial charge in [0, 0.05) is 15.7 Å². The van der Waals surface area contributed by atoms with Crippen molar-refractivity contribution in [2.45, 2.75) is 13.8 Å². The summed E-state index contributed by atoms with van der Waals surface area (Å²) in [6, 6.07) is 14.5. The Hall–Kier alpha value is -1.94. The van der Waals surface area contributed by atoms with Crippen LogP contribution in [-0.4, -0.2) is 17.1 Å². The Balaban J connectivity index is 2.26. The molecule has 2 aromatic carbocycles. The first-order valence-corrected chi connectivity index (χ1v) is 9.16. The lowest BCUT2D eigenvalue weighted by Gasteiger charge is -2.14. The number of benzene rings is 2. The fourth-order valence-corrected chi connectivity index (χ4v) is 3.45. The minimum Gasteiger partial charge on any atom is -0.462 e. The maximum absolute atomic E-state index is 12.4. The number of aromatic nitrogens is 1. The minimum atomic E-state index is -0.371. The molecule has 0 aliphatic rings. The lowest BCUT2D eigenvalue weighted by molar-refractivity contribution is 0.0525. The maximum atomic E-state index is 12.4. The van der Waals surface area contributed by atoms with Gasteiger partial charge in [-0.1, -0.05) is 46.9 Å². The van der Waals surface area contributed by atoms with Gasteiger partial charge in [-0.15, -0.1) is 0 Å². The molecule has 3 nitrogen and oxygen atoms in total. The van der Waals surface area contributed by atoms with E-state index < -0.39 is 0 Å². The molecule has 3 rings (SSSR count). The van der Waals surface area contributed by atoms with Crippen LogP contribution in [0.3, 0.4) is 0 Å². The minimum absolute atomic E-state index is 0.307. The fourth-order valence-electron chi connectivity index (χ4n) is 2.83. The van der Waals surface area contributed by atoms with Gasteiger partial charge in [-0.2, -0.15) is 0 Å². The van der Waals surface area contributed by atoms with E-state index in [-0.39, 0.29) is 5.97 Å². The molecule has 26 heavy (non-hydrogen) atoms. The molecular weight excluding hydrogens is 393 g/mol. The Labute approximate surface area is 167 Å². The Morgan fingerprint density at radius 1 is 1.00 bits per heavy atom. The summed E-state index contributed by atoms with van der Waals surface area (Å²) in [7, 11) is 0. The molecule has 0 spiro atoms. The van der Waals surface area contributed by atoms with Crippen LogP contribution in [0.4, 0.5) is 0 Å². The van der Waals surface area contributed by atoms with Gasteiger partial charge in [-0.25, -0.2) is 4.79 Å². The number of hydrogen-bond acceptors (Lipinski definition) is 2. The topological polar surface area (TPSA) is 31.2 Å². The zero-order valence-electron chi connectivity index (χ0n) is 14.2. The van der Waals surface area contributed by atoms with E-state index in [0.717, 1.165) is 22.6 Å². The van der Waals surface area contributed by atoms with Crippen LogP contribution >= 0.6 is 34.8 Å². The van der Waals surface area contributed by atoms with Crippen LogP contribution in [0.1, 0.15) is 23.0 Å². The summed E-state index contributed by atoms with van der Waals surface area (Å²) in [5.74, 6) is -0.371. The van der Waals surface area contributed by atoms with E-state index in [1.54, 1.807) is 31.2 Å². The van der Waals surface area contributed by atoms with Crippen LogP contribution < -0.4 is 0 Å². The van der Waals surface area contributed by atoms with Crippen LogP contribution in [0, 0.1) is 6.92 Å². The van der Waals surface area contributed by atoms with Crippen molar-refractivity contribution in [1.82, 2.24) is 4.57 Å². The summed E-state index contributed by atoms with van der Waals surface area (Å²) in [4.78, 5) is 12.4. The van der Waals surface area contributed by atoms with Crippen LogP contribution in [0.2, 0.25) is 15.1 Å². The molecule has 3 aromatic rings.